The quantitative estimate of drug-likeness (QED) is 0.768. The molecule has 1 unspecified atom stereocenters. The Kier molecular flexibility index (Phi) is 5.23. The first-order valence-corrected chi connectivity index (χ1v) is 6.49. The van der Waals surface area contributed by atoms with Crippen molar-refractivity contribution in [2.75, 3.05) is 19.6 Å². The van der Waals surface area contributed by atoms with Crippen molar-refractivity contribution in [3.05, 3.63) is 32.6 Å². The second-order valence-corrected chi connectivity index (χ2v) is 4.57. The van der Waals surface area contributed by atoms with Gasteiger partial charge < -0.3 is 9.88 Å². The minimum absolute atomic E-state index is 0.0194. The summed E-state index contributed by atoms with van der Waals surface area (Å²) in [7, 11) is 0. The van der Waals surface area contributed by atoms with Crippen LogP contribution in [0, 0.1) is 0 Å². The topological polar surface area (TPSA) is 75.2 Å². The molecule has 0 radical (unpaired) electrons. The van der Waals surface area contributed by atoms with Gasteiger partial charge in [0.1, 0.15) is 0 Å². The van der Waals surface area contributed by atoms with Crippen LogP contribution in [0.15, 0.2) is 15.8 Å². The van der Waals surface area contributed by atoms with Gasteiger partial charge in [-0.25, -0.2) is 4.79 Å². The fourth-order valence-electron chi connectivity index (χ4n) is 2.08. The van der Waals surface area contributed by atoms with Gasteiger partial charge in [0.15, 0.2) is 5.78 Å². The maximum Gasteiger partial charge on any atom is 0.328 e. The molecule has 1 aromatic heterocycles. The highest BCUT2D eigenvalue weighted by atomic mass is 16.2. The van der Waals surface area contributed by atoms with E-state index in [9.17, 15) is 14.4 Å². The smallest absolute Gasteiger partial charge is 0.313 e. The summed E-state index contributed by atoms with van der Waals surface area (Å²) in [5.74, 6) is -0.343. The number of H-pyrrole nitrogens is 1. The molecule has 1 heterocycles. The van der Waals surface area contributed by atoms with E-state index in [0.29, 0.717) is 6.54 Å². The molecule has 0 aromatic carbocycles. The minimum Gasteiger partial charge on any atom is -0.313 e. The van der Waals surface area contributed by atoms with Crippen LogP contribution >= 0.6 is 0 Å². The number of Topliss-reactive ketones (excluding diaryl/α,β-unsaturated/α-hetero) is 1. The number of ketones is 1. The van der Waals surface area contributed by atoms with Crippen LogP contribution in [-0.2, 0) is 0 Å². The van der Waals surface area contributed by atoms with E-state index in [0.717, 1.165) is 17.7 Å². The van der Waals surface area contributed by atoms with Crippen molar-refractivity contribution in [2.24, 2.45) is 0 Å². The second-order valence-electron chi connectivity index (χ2n) is 4.57. The number of hydrogen-bond donors (Lipinski definition) is 1. The molecule has 0 saturated heterocycles. The monoisotopic (exact) mass is 267 g/mol. The Morgan fingerprint density at radius 2 is 1.95 bits per heavy atom. The summed E-state index contributed by atoms with van der Waals surface area (Å²) in [6, 6.07) is -0.282. The molecule has 0 spiro atoms. The number of hydrogen-bond acceptors (Lipinski definition) is 4. The Labute approximate surface area is 112 Å². The van der Waals surface area contributed by atoms with E-state index in [1.807, 2.05) is 13.8 Å². The Morgan fingerprint density at radius 3 is 2.42 bits per heavy atom. The van der Waals surface area contributed by atoms with Crippen LogP contribution in [-0.4, -0.2) is 39.9 Å². The highest BCUT2D eigenvalue weighted by Gasteiger charge is 2.17. The van der Waals surface area contributed by atoms with Crippen LogP contribution in [0.4, 0.5) is 0 Å². The minimum atomic E-state index is -0.518. The lowest BCUT2D eigenvalue weighted by Gasteiger charge is -2.23. The molecule has 6 heteroatoms. The zero-order chi connectivity index (χ0) is 14.6. The van der Waals surface area contributed by atoms with E-state index < -0.39 is 11.2 Å². The molecule has 0 aliphatic heterocycles. The van der Waals surface area contributed by atoms with Gasteiger partial charge >= 0.3 is 5.69 Å². The summed E-state index contributed by atoms with van der Waals surface area (Å²) in [5.41, 5.74) is -0.975. The second kappa shape index (κ2) is 6.47. The molecule has 19 heavy (non-hydrogen) atoms. The van der Waals surface area contributed by atoms with Gasteiger partial charge in [-0.2, -0.15) is 0 Å². The first kappa shape index (κ1) is 15.4. The average molecular weight is 267 g/mol. The number of aromatic amines is 1. The molecular formula is C13H21N3O3. The van der Waals surface area contributed by atoms with E-state index >= 15 is 0 Å². The molecular weight excluding hydrogens is 246 g/mol. The molecule has 0 amide bonds. The molecule has 1 aromatic rings. The van der Waals surface area contributed by atoms with Crippen molar-refractivity contribution in [1.82, 2.24) is 14.5 Å². The van der Waals surface area contributed by atoms with Crippen LogP contribution in [0.1, 0.15) is 44.1 Å². The zero-order valence-corrected chi connectivity index (χ0v) is 11.9. The van der Waals surface area contributed by atoms with Crippen LogP contribution < -0.4 is 11.2 Å². The summed E-state index contributed by atoms with van der Waals surface area (Å²) < 4.78 is 1.12. The average Bonchev–Trinajstić information content (AvgIpc) is 2.35. The van der Waals surface area contributed by atoms with Crippen molar-refractivity contribution in [3.63, 3.8) is 0 Å². The standard InChI is InChI=1S/C13H21N3O3/c1-5-15(6-2)8-9(3)16-12(18)11(10(4)17)7-14-13(16)19/h7,9H,5-6,8H2,1-4H3,(H,14,19). The third-order valence-electron chi connectivity index (χ3n) is 3.24. The van der Waals surface area contributed by atoms with Crippen molar-refractivity contribution >= 4 is 5.78 Å². The van der Waals surface area contributed by atoms with Gasteiger partial charge in [0.2, 0.25) is 0 Å². The van der Waals surface area contributed by atoms with E-state index in [2.05, 4.69) is 9.88 Å². The first-order chi connectivity index (χ1) is 8.92. The Balaban J connectivity index is 3.19. The summed E-state index contributed by atoms with van der Waals surface area (Å²) in [4.78, 5) is 39.8. The molecule has 1 N–H and O–H groups in total. The van der Waals surface area contributed by atoms with Gasteiger partial charge in [-0.15, -0.1) is 0 Å². The lowest BCUT2D eigenvalue weighted by Crippen LogP contribution is -2.43. The van der Waals surface area contributed by atoms with Crippen molar-refractivity contribution in [1.29, 1.82) is 0 Å². The molecule has 0 bridgehead atoms. The van der Waals surface area contributed by atoms with Crippen LogP contribution in [0.5, 0.6) is 0 Å². The highest BCUT2D eigenvalue weighted by Crippen LogP contribution is 2.03. The summed E-state index contributed by atoms with van der Waals surface area (Å²) >= 11 is 0. The number of rotatable bonds is 6. The van der Waals surface area contributed by atoms with Gasteiger partial charge in [0.25, 0.3) is 5.56 Å². The molecule has 106 valence electrons. The van der Waals surface area contributed by atoms with E-state index in [-0.39, 0.29) is 17.4 Å². The van der Waals surface area contributed by atoms with Gasteiger partial charge in [-0.3, -0.25) is 14.2 Å². The van der Waals surface area contributed by atoms with Crippen molar-refractivity contribution in [2.45, 2.75) is 33.7 Å². The lowest BCUT2D eigenvalue weighted by atomic mass is 10.2. The largest absolute Gasteiger partial charge is 0.328 e. The van der Waals surface area contributed by atoms with Gasteiger partial charge in [-0.05, 0) is 26.9 Å². The summed E-state index contributed by atoms with van der Waals surface area (Å²) in [5, 5.41) is 0. The number of nitrogens with one attached hydrogen (secondary N) is 1. The number of aromatic nitrogens is 2. The predicted octanol–water partition coefficient (Wildman–Crippen LogP) is 0.642. The molecule has 6 nitrogen and oxygen atoms in total. The Hall–Kier alpha value is -1.69. The van der Waals surface area contributed by atoms with E-state index in [1.54, 1.807) is 6.92 Å². The lowest BCUT2D eigenvalue weighted by molar-refractivity contribution is 0.101. The zero-order valence-electron chi connectivity index (χ0n) is 11.9. The molecule has 0 saturated carbocycles. The maximum atomic E-state index is 12.1. The SMILES string of the molecule is CCN(CC)CC(C)n1c(=O)[nH]cc(C(C)=O)c1=O. The number of carbonyl (C=O) groups is 1. The fourth-order valence-corrected chi connectivity index (χ4v) is 2.08. The molecule has 0 fully saturated rings. The van der Waals surface area contributed by atoms with Crippen LogP contribution in [0.2, 0.25) is 0 Å². The first-order valence-electron chi connectivity index (χ1n) is 6.49. The van der Waals surface area contributed by atoms with Crippen LogP contribution in [0.25, 0.3) is 0 Å². The Morgan fingerprint density at radius 1 is 1.37 bits per heavy atom. The highest BCUT2D eigenvalue weighted by molar-refractivity contribution is 5.93. The Bertz CT molecular complexity index is 555. The summed E-state index contributed by atoms with van der Waals surface area (Å²) in [6.07, 6.45) is 1.19. The number of likely N-dealkylation sites (N-methyl/N-ethyl adjacent to an activating group) is 1. The molecule has 1 atom stereocenters. The normalized spacial score (nSPS) is 12.7. The predicted molar refractivity (Wildman–Crippen MR) is 73.8 cm³/mol. The van der Waals surface area contributed by atoms with E-state index in [4.69, 9.17) is 0 Å². The van der Waals surface area contributed by atoms with Gasteiger partial charge in [0.05, 0.1) is 11.6 Å². The van der Waals surface area contributed by atoms with Gasteiger partial charge in [-0.1, -0.05) is 13.8 Å². The van der Waals surface area contributed by atoms with Crippen molar-refractivity contribution in [3.8, 4) is 0 Å². The third-order valence-corrected chi connectivity index (χ3v) is 3.24. The van der Waals surface area contributed by atoms with Gasteiger partial charge in [0, 0.05) is 12.7 Å². The number of carbonyl (C=O) groups excluding carboxylic acids is 1. The third kappa shape index (κ3) is 3.41. The number of nitrogens with zero attached hydrogens (tertiary/aromatic N) is 2. The molecule has 0 aliphatic rings. The van der Waals surface area contributed by atoms with Crippen molar-refractivity contribution < 1.29 is 4.79 Å². The van der Waals surface area contributed by atoms with Crippen LogP contribution in [0.3, 0.4) is 0 Å². The van der Waals surface area contributed by atoms with E-state index in [1.165, 1.54) is 13.1 Å². The summed E-state index contributed by atoms with van der Waals surface area (Å²) in [6.45, 7) is 9.45. The molecule has 0 aliphatic carbocycles. The fraction of sp³-hybridized carbons (Fsp3) is 0.615. The molecule has 1 rings (SSSR count). The maximum absolute atomic E-state index is 12.1.